The van der Waals surface area contributed by atoms with Gasteiger partial charge in [-0.05, 0) is 48.2 Å². The van der Waals surface area contributed by atoms with E-state index in [1.165, 1.54) is 22.4 Å². The Labute approximate surface area is 163 Å². The van der Waals surface area contributed by atoms with Crippen molar-refractivity contribution in [3.8, 4) is 21.9 Å². The number of aromatic hydroxyl groups is 1. The van der Waals surface area contributed by atoms with E-state index in [-0.39, 0.29) is 11.7 Å². The van der Waals surface area contributed by atoms with E-state index in [1.807, 2.05) is 18.2 Å². The van der Waals surface area contributed by atoms with Crippen LogP contribution in [0.3, 0.4) is 0 Å². The number of hydrogen-bond acceptors (Lipinski definition) is 4. The lowest BCUT2D eigenvalue weighted by Gasteiger charge is -2.08. The Kier molecular flexibility index (Phi) is 6.49. The van der Waals surface area contributed by atoms with Crippen LogP contribution in [0.1, 0.15) is 23.3 Å². The van der Waals surface area contributed by atoms with Crippen LogP contribution in [0.15, 0.2) is 60.7 Å². The summed E-state index contributed by atoms with van der Waals surface area (Å²) in [6, 6.07) is 19.7. The number of hydrogen-bond donors (Lipinski definition) is 2. The van der Waals surface area contributed by atoms with Gasteiger partial charge in [-0.15, -0.1) is 11.3 Å². The van der Waals surface area contributed by atoms with Gasteiger partial charge in [-0.1, -0.05) is 36.4 Å². The van der Waals surface area contributed by atoms with Crippen molar-refractivity contribution in [2.24, 2.45) is 0 Å². The molecule has 0 bridgehead atoms. The Bertz CT molecular complexity index is 890. The number of nitrogens with one attached hydrogen (secondary N) is 1. The van der Waals surface area contributed by atoms with Crippen molar-refractivity contribution in [2.45, 2.75) is 25.8 Å². The van der Waals surface area contributed by atoms with E-state index in [4.69, 9.17) is 4.74 Å². The SMILES string of the molecule is COc1cc(CNC(=O)CCCc2ccc(-c3ccccc3)s2)ccc1O. The molecule has 0 fully saturated rings. The summed E-state index contributed by atoms with van der Waals surface area (Å²) >= 11 is 1.78. The largest absolute Gasteiger partial charge is 0.504 e. The van der Waals surface area contributed by atoms with E-state index < -0.39 is 0 Å². The van der Waals surface area contributed by atoms with Crippen LogP contribution >= 0.6 is 11.3 Å². The van der Waals surface area contributed by atoms with E-state index in [9.17, 15) is 9.90 Å². The Balaban J connectivity index is 1.43. The van der Waals surface area contributed by atoms with Crippen molar-refractivity contribution in [3.63, 3.8) is 0 Å². The van der Waals surface area contributed by atoms with Crippen molar-refractivity contribution in [1.29, 1.82) is 0 Å². The molecule has 3 rings (SSSR count). The molecule has 1 amide bonds. The van der Waals surface area contributed by atoms with E-state index >= 15 is 0 Å². The normalized spacial score (nSPS) is 10.6. The second-order valence-electron chi connectivity index (χ2n) is 6.27. The zero-order valence-corrected chi connectivity index (χ0v) is 16.1. The lowest BCUT2D eigenvalue weighted by molar-refractivity contribution is -0.121. The van der Waals surface area contributed by atoms with Crippen LogP contribution in [0.25, 0.3) is 10.4 Å². The average Bonchev–Trinajstić information content (AvgIpc) is 3.17. The molecule has 140 valence electrons. The highest BCUT2D eigenvalue weighted by molar-refractivity contribution is 7.15. The molecular formula is C22H23NO3S. The fourth-order valence-corrected chi connectivity index (χ4v) is 3.87. The first-order chi connectivity index (χ1) is 13.2. The van der Waals surface area contributed by atoms with Crippen LogP contribution in [0.2, 0.25) is 0 Å². The molecule has 0 radical (unpaired) electrons. The highest BCUT2D eigenvalue weighted by Gasteiger charge is 2.07. The molecule has 0 aliphatic heterocycles. The predicted octanol–water partition coefficient (Wildman–Crippen LogP) is 4.77. The van der Waals surface area contributed by atoms with Gasteiger partial charge < -0.3 is 15.2 Å². The van der Waals surface area contributed by atoms with Gasteiger partial charge in [0.15, 0.2) is 11.5 Å². The molecule has 3 aromatic rings. The highest BCUT2D eigenvalue weighted by atomic mass is 32.1. The number of phenolic OH excluding ortho intramolecular Hbond substituents is 1. The third-order valence-electron chi connectivity index (χ3n) is 4.28. The second-order valence-corrected chi connectivity index (χ2v) is 7.44. The summed E-state index contributed by atoms with van der Waals surface area (Å²) in [5.41, 5.74) is 2.12. The first kappa shape index (κ1) is 19.0. The number of benzene rings is 2. The van der Waals surface area contributed by atoms with Gasteiger partial charge in [0.05, 0.1) is 7.11 Å². The predicted molar refractivity (Wildman–Crippen MR) is 109 cm³/mol. The first-order valence-corrected chi connectivity index (χ1v) is 9.74. The standard InChI is InChI=1S/C22H23NO3S/c1-26-20-14-16(10-12-19(20)24)15-23-22(25)9-5-8-18-11-13-21(27-18)17-6-3-2-4-7-17/h2-4,6-7,10-14,24H,5,8-9,15H2,1H3,(H,23,25). The number of methoxy groups -OCH3 is 1. The van der Waals surface area contributed by atoms with Crippen molar-refractivity contribution in [1.82, 2.24) is 5.32 Å². The number of amides is 1. The number of carbonyl (C=O) groups is 1. The van der Waals surface area contributed by atoms with Gasteiger partial charge in [-0.3, -0.25) is 4.79 Å². The number of aryl methyl sites for hydroxylation is 1. The number of ether oxygens (including phenoxy) is 1. The van der Waals surface area contributed by atoms with E-state index in [1.54, 1.807) is 29.5 Å². The van der Waals surface area contributed by atoms with Gasteiger partial charge in [-0.25, -0.2) is 0 Å². The molecule has 0 saturated heterocycles. The molecule has 1 heterocycles. The van der Waals surface area contributed by atoms with Crippen LogP contribution in [-0.4, -0.2) is 18.1 Å². The molecule has 0 saturated carbocycles. The minimum absolute atomic E-state index is 0.0295. The number of phenols is 1. The van der Waals surface area contributed by atoms with Crippen LogP contribution in [0.4, 0.5) is 0 Å². The average molecular weight is 381 g/mol. The highest BCUT2D eigenvalue weighted by Crippen LogP contribution is 2.29. The van der Waals surface area contributed by atoms with Crippen molar-refractivity contribution < 1.29 is 14.6 Å². The van der Waals surface area contributed by atoms with E-state index in [0.29, 0.717) is 18.7 Å². The molecule has 4 nitrogen and oxygen atoms in total. The summed E-state index contributed by atoms with van der Waals surface area (Å²) in [5, 5.41) is 12.5. The molecule has 0 spiro atoms. The zero-order valence-electron chi connectivity index (χ0n) is 15.3. The molecule has 2 aromatic carbocycles. The van der Waals surface area contributed by atoms with Gasteiger partial charge in [0.1, 0.15) is 0 Å². The molecule has 27 heavy (non-hydrogen) atoms. The smallest absolute Gasteiger partial charge is 0.220 e. The molecule has 5 heteroatoms. The van der Waals surface area contributed by atoms with Crippen molar-refractivity contribution >= 4 is 17.2 Å². The Morgan fingerprint density at radius 1 is 1.11 bits per heavy atom. The first-order valence-electron chi connectivity index (χ1n) is 8.92. The fraction of sp³-hybridized carbons (Fsp3) is 0.227. The minimum Gasteiger partial charge on any atom is -0.504 e. The maximum atomic E-state index is 12.1. The molecule has 2 N–H and O–H groups in total. The summed E-state index contributed by atoms with van der Waals surface area (Å²) in [6.45, 7) is 0.423. The van der Waals surface area contributed by atoms with Gasteiger partial charge in [0.2, 0.25) is 5.91 Å². The summed E-state index contributed by atoms with van der Waals surface area (Å²) < 4.78 is 5.08. The number of carbonyl (C=O) groups excluding carboxylic acids is 1. The Morgan fingerprint density at radius 3 is 2.70 bits per heavy atom. The van der Waals surface area contributed by atoms with Crippen molar-refractivity contribution in [2.75, 3.05) is 7.11 Å². The zero-order chi connectivity index (χ0) is 19.1. The van der Waals surface area contributed by atoms with Crippen molar-refractivity contribution in [3.05, 3.63) is 71.1 Å². The number of thiophene rings is 1. The molecular weight excluding hydrogens is 358 g/mol. The molecule has 1 aromatic heterocycles. The van der Waals surface area contributed by atoms with E-state index in [0.717, 1.165) is 18.4 Å². The molecule has 0 aliphatic rings. The Hall–Kier alpha value is -2.79. The third kappa shape index (κ3) is 5.34. The monoisotopic (exact) mass is 381 g/mol. The molecule has 0 atom stereocenters. The summed E-state index contributed by atoms with van der Waals surface area (Å²) in [4.78, 5) is 14.6. The topological polar surface area (TPSA) is 58.6 Å². The molecule has 0 aliphatic carbocycles. The van der Waals surface area contributed by atoms with Gasteiger partial charge in [-0.2, -0.15) is 0 Å². The molecule has 0 unspecified atom stereocenters. The summed E-state index contributed by atoms with van der Waals surface area (Å²) in [7, 11) is 1.51. The van der Waals surface area contributed by atoms with Crippen LogP contribution in [-0.2, 0) is 17.8 Å². The second kappa shape index (κ2) is 9.24. The minimum atomic E-state index is 0.0295. The van der Waals surface area contributed by atoms with E-state index in [2.05, 4.69) is 29.6 Å². The quantitative estimate of drug-likeness (QED) is 0.591. The van der Waals surface area contributed by atoms with Crippen LogP contribution < -0.4 is 10.1 Å². The summed E-state index contributed by atoms with van der Waals surface area (Å²) in [5.74, 6) is 0.536. The maximum absolute atomic E-state index is 12.1. The lowest BCUT2D eigenvalue weighted by Crippen LogP contribution is -2.22. The van der Waals surface area contributed by atoms with Gasteiger partial charge in [0.25, 0.3) is 0 Å². The van der Waals surface area contributed by atoms with Gasteiger partial charge in [0, 0.05) is 22.7 Å². The lowest BCUT2D eigenvalue weighted by atomic mass is 10.1. The third-order valence-corrected chi connectivity index (χ3v) is 5.47. The van der Waals surface area contributed by atoms with Crippen LogP contribution in [0, 0.1) is 0 Å². The maximum Gasteiger partial charge on any atom is 0.220 e. The fourth-order valence-electron chi connectivity index (χ4n) is 2.81. The van der Waals surface area contributed by atoms with Gasteiger partial charge >= 0.3 is 0 Å². The Morgan fingerprint density at radius 2 is 1.93 bits per heavy atom. The number of rotatable bonds is 8. The summed E-state index contributed by atoms with van der Waals surface area (Å²) in [6.07, 6.45) is 2.21. The van der Waals surface area contributed by atoms with Crippen LogP contribution in [0.5, 0.6) is 11.5 Å².